The average molecular weight is 244 g/mol. The second kappa shape index (κ2) is 4.30. The van der Waals surface area contributed by atoms with Crippen LogP contribution in [0.25, 0.3) is 0 Å². The Labute approximate surface area is 104 Å². The number of aldehydes is 1. The van der Waals surface area contributed by atoms with E-state index in [1.165, 1.54) is 10.4 Å². The fraction of sp³-hybridized carbons (Fsp3) is 0.231. The first kappa shape index (κ1) is 10.5. The number of hydrogen-bond acceptors (Lipinski definition) is 4. The molecule has 0 fully saturated rings. The Morgan fingerprint density at radius 1 is 1.35 bits per heavy atom. The third kappa shape index (κ3) is 1.96. The van der Waals surface area contributed by atoms with Crippen LogP contribution in [0.2, 0.25) is 0 Å². The van der Waals surface area contributed by atoms with E-state index in [0.29, 0.717) is 5.56 Å². The van der Waals surface area contributed by atoms with E-state index in [1.54, 1.807) is 6.20 Å². The summed E-state index contributed by atoms with van der Waals surface area (Å²) < 4.78 is 0. The topological polar surface area (TPSA) is 33.2 Å². The third-order valence-electron chi connectivity index (χ3n) is 3.04. The molecule has 3 heterocycles. The summed E-state index contributed by atoms with van der Waals surface area (Å²) in [6.45, 7) is 1.92. The van der Waals surface area contributed by atoms with Crippen LogP contribution in [0.15, 0.2) is 29.8 Å². The molecule has 0 unspecified atom stereocenters. The number of carbonyl (C=O) groups is 1. The van der Waals surface area contributed by atoms with E-state index in [0.717, 1.165) is 31.6 Å². The number of thiophene rings is 1. The van der Waals surface area contributed by atoms with Crippen LogP contribution >= 0.6 is 11.3 Å². The van der Waals surface area contributed by atoms with Crippen molar-refractivity contribution < 1.29 is 4.79 Å². The van der Waals surface area contributed by atoms with E-state index < -0.39 is 0 Å². The number of anilines is 1. The van der Waals surface area contributed by atoms with E-state index >= 15 is 0 Å². The summed E-state index contributed by atoms with van der Waals surface area (Å²) in [5, 5.41) is 2.15. The van der Waals surface area contributed by atoms with Gasteiger partial charge in [-0.3, -0.25) is 4.79 Å². The average Bonchev–Trinajstić information content (AvgIpc) is 2.86. The SMILES string of the molecule is O=Cc1ccc(N2CCc3sccc3C2)nc1. The lowest BCUT2D eigenvalue weighted by Crippen LogP contribution is -2.30. The van der Waals surface area contributed by atoms with Crippen molar-refractivity contribution in [3.63, 3.8) is 0 Å². The maximum absolute atomic E-state index is 10.6. The number of aromatic nitrogens is 1. The van der Waals surface area contributed by atoms with Crippen molar-refractivity contribution in [1.82, 2.24) is 4.98 Å². The summed E-state index contributed by atoms with van der Waals surface area (Å²) in [6, 6.07) is 5.92. The Kier molecular flexibility index (Phi) is 2.65. The van der Waals surface area contributed by atoms with Gasteiger partial charge in [0.1, 0.15) is 5.82 Å². The highest BCUT2D eigenvalue weighted by Crippen LogP contribution is 2.26. The summed E-state index contributed by atoms with van der Waals surface area (Å²) in [6.07, 6.45) is 3.54. The normalized spacial score (nSPS) is 14.5. The van der Waals surface area contributed by atoms with Crippen LogP contribution in [-0.4, -0.2) is 17.8 Å². The summed E-state index contributed by atoms with van der Waals surface area (Å²) in [5.74, 6) is 0.951. The minimum absolute atomic E-state index is 0.627. The van der Waals surface area contributed by atoms with E-state index in [1.807, 2.05) is 23.5 Å². The van der Waals surface area contributed by atoms with Crippen LogP contribution in [0.4, 0.5) is 5.82 Å². The van der Waals surface area contributed by atoms with E-state index in [4.69, 9.17) is 0 Å². The highest BCUT2D eigenvalue weighted by molar-refractivity contribution is 7.10. The first-order chi connectivity index (χ1) is 8.36. The largest absolute Gasteiger partial charge is 0.352 e. The Morgan fingerprint density at radius 2 is 2.29 bits per heavy atom. The Balaban J connectivity index is 1.84. The van der Waals surface area contributed by atoms with Gasteiger partial charge < -0.3 is 4.90 Å². The van der Waals surface area contributed by atoms with Crippen LogP contribution in [0.1, 0.15) is 20.8 Å². The van der Waals surface area contributed by atoms with Crippen LogP contribution in [0, 0.1) is 0 Å². The molecule has 0 saturated heterocycles. The highest BCUT2D eigenvalue weighted by Gasteiger charge is 2.17. The van der Waals surface area contributed by atoms with Crippen molar-refractivity contribution in [2.75, 3.05) is 11.4 Å². The number of hydrogen-bond donors (Lipinski definition) is 0. The summed E-state index contributed by atoms with van der Waals surface area (Å²) in [5.41, 5.74) is 2.03. The molecule has 0 spiro atoms. The molecule has 4 heteroatoms. The molecular weight excluding hydrogens is 232 g/mol. The zero-order chi connectivity index (χ0) is 11.7. The van der Waals surface area contributed by atoms with Gasteiger partial charge in [-0.1, -0.05) is 0 Å². The standard InChI is InChI=1S/C13H12N2OS/c16-9-10-1-2-13(14-7-10)15-5-3-12-11(8-15)4-6-17-12/h1-2,4,6-7,9H,3,5,8H2. The highest BCUT2D eigenvalue weighted by atomic mass is 32.1. The predicted octanol–water partition coefficient (Wildman–Crippen LogP) is 2.52. The zero-order valence-electron chi connectivity index (χ0n) is 9.30. The summed E-state index contributed by atoms with van der Waals surface area (Å²) >= 11 is 1.84. The number of fused-ring (bicyclic) bond motifs is 1. The Bertz CT molecular complexity index is 533. The van der Waals surface area contributed by atoms with Crippen molar-refractivity contribution in [1.29, 1.82) is 0 Å². The van der Waals surface area contributed by atoms with E-state index in [-0.39, 0.29) is 0 Å². The fourth-order valence-electron chi connectivity index (χ4n) is 2.10. The number of carbonyl (C=O) groups excluding carboxylic acids is 1. The van der Waals surface area contributed by atoms with Gasteiger partial charge in [-0.05, 0) is 35.6 Å². The zero-order valence-corrected chi connectivity index (χ0v) is 10.1. The van der Waals surface area contributed by atoms with Crippen molar-refractivity contribution in [2.24, 2.45) is 0 Å². The molecule has 3 rings (SSSR count). The maximum Gasteiger partial charge on any atom is 0.151 e. The molecular formula is C13H12N2OS. The predicted molar refractivity (Wildman–Crippen MR) is 68.7 cm³/mol. The van der Waals surface area contributed by atoms with Gasteiger partial charge in [0.2, 0.25) is 0 Å². The molecule has 0 aliphatic carbocycles. The van der Waals surface area contributed by atoms with Gasteiger partial charge in [0.05, 0.1) is 0 Å². The monoisotopic (exact) mass is 244 g/mol. The lowest BCUT2D eigenvalue weighted by Gasteiger charge is -2.27. The van der Waals surface area contributed by atoms with Crippen molar-refractivity contribution in [3.05, 3.63) is 45.8 Å². The lowest BCUT2D eigenvalue weighted by atomic mass is 10.1. The van der Waals surface area contributed by atoms with Gasteiger partial charge in [-0.2, -0.15) is 0 Å². The molecule has 0 N–H and O–H groups in total. The maximum atomic E-state index is 10.6. The Morgan fingerprint density at radius 3 is 3.06 bits per heavy atom. The molecule has 0 atom stereocenters. The van der Waals surface area contributed by atoms with E-state index in [2.05, 4.69) is 21.3 Å². The first-order valence-corrected chi connectivity index (χ1v) is 6.46. The van der Waals surface area contributed by atoms with Gasteiger partial charge in [-0.25, -0.2) is 4.98 Å². The third-order valence-corrected chi connectivity index (χ3v) is 4.06. The molecule has 0 saturated carbocycles. The molecule has 0 amide bonds. The minimum Gasteiger partial charge on any atom is -0.352 e. The van der Waals surface area contributed by atoms with Gasteiger partial charge >= 0.3 is 0 Å². The summed E-state index contributed by atoms with van der Waals surface area (Å²) in [4.78, 5) is 18.6. The molecule has 2 aromatic rings. The molecule has 86 valence electrons. The second-order valence-corrected chi connectivity index (χ2v) is 5.11. The van der Waals surface area contributed by atoms with Gasteiger partial charge in [-0.15, -0.1) is 11.3 Å². The summed E-state index contributed by atoms with van der Waals surface area (Å²) in [7, 11) is 0. The second-order valence-electron chi connectivity index (χ2n) is 4.11. The number of nitrogens with zero attached hydrogens (tertiary/aromatic N) is 2. The van der Waals surface area contributed by atoms with Crippen molar-refractivity contribution >= 4 is 23.4 Å². The minimum atomic E-state index is 0.627. The van der Waals surface area contributed by atoms with Gasteiger partial charge in [0.15, 0.2) is 6.29 Å². The fourth-order valence-corrected chi connectivity index (χ4v) is 2.99. The lowest BCUT2D eigenvalue weighted by molar-refractivity contribution is 0.112. The number of rotatable bonds is 2. The van der Waals surface area contributed by atoms with Crippen molar-refractivity contribution in [2.45, 2.75) is 13.0 Å². The van der Waals surface area contributed by atoms with Gasteiger partial charge in [0, 0.05) is 29.7 Å². The molecule has 3 nitrogen and oxygen atoms in total. The Hall–Kier alpha value is -1.68. The first-order valence-electron chi connectivity index (χ1n) is 5.58. The molecule has 2 aromatic heterocycles. The van der Waals surface area contributed by atoms with Crippen LogP contribution in [0.5, 0.6) is 0 Å². The molecule has 0 aromatic carbocycles. The smallest absolute Gasteiger partial charge is 0.151 e. The van der Waals surface area contributed by atoms with E-state index in [9.17, 15) is 4.79 Å². The quantitative estimate of drug-likeness (QED) is 0.761. The van der Waals surface area contributed by atoms with Crippen LogP contribution in [-0.2, 0) is 13.0 Å². The van der Waals surface area contributed by atoms with Crippen molar-refractivity contribution in [3.8, 4) is 0 Å². The molecule has 0 bridgehead atoms. The molecule has 17 heavy (non-hydrogen) atoms. The number of pyridine rings is 1. The van der Waals surface area contributed by atoms with Gasteiger partial charge in [0.25, 0.3) is 0 Å². The molecule has 1 aliphatic heterocycles. The van der Waals surface area contributed by atoms with Crippen LogP contribution < -0.4 is 4.90 Å². The molecule has 0 radical (unpaired) electrons. The van der Waals surface area contributed by atoms with Crippen LogP contribution in [0.3, 0.4) is 0 Å². The molecule has 1 aliphatic rings.